The van der Waals surface area contributed by atoms with Crippen LogP contribution in [0.2, 0.25) is 0 Å². The van der Waals surface area contributed by atoms with Crippen molar-refractivity contribution in [2.75, 3.05) is 6.54 Å². The first-order valence-corrected chi connectivity index (χ1v) is 8.01. The molecular weight excluding hydrogens is 342 g/mol. The Morgan fingerprint density at radius 2 is 2.09 bits per heavy atom. The largest absolute Gasteiger partial charge is 0.329 e. The van der Waals surface area contributed by atoms with Crippen LogP contribution in [0.15, 0.2) is 47.5 Å². The van der Waals surface area contributed by atoms with Crippen LogP contribution in [-0.4, -0.2) is 27.5 Å². The van der Waals surface area contributed by atoms with Crippen LogP contribution in [0.1, 0.15) is 41.5 Å². The van der Waals surface area contributed by atoms with Gasteiger partial charge in [0.25, 0.3) is 5.91 Å². The molecule has 116 valence electrons. The van der Waals surface area contributed by atoms with Crippen LogP contribution in [0, 0.1) is 0 Å². The van der Waals surface area contributed by atoms with Crippen LogP contribution in [-0.2, 0) is 6.54 Å². The molecular formula is C17H20BrN3O. The second-order valence-electron chi connectivity index (χ2n) is 5.41. The van der Waals surface area contributed by atoms with Crippen molar-refractivity contribution in [3.63, 3.8) is 0 Å². The zero-order valence-electron chi connectivity index (χ0n) is 12.8. The number of aromatic amines is 1. The maximum atomic E-state index is 12.8. The summed E-state index contributed by atoms with van der Waals surface area (Å²) < 4.78 is 0.745. The SMILES string of the molecule is C=CCN(Cc1ccccc1)C(=O)c1n[nH]c(C(C)C)c1Br. The summed E-state index contributed by atoms with van der Waals surface area (Å²) >= 11 is 3.49. The van der Waals surface area contributed by atoms with E-state index in [2.05, 4.69) is 46.6 Å². The van der Waals surface area contributed by atoms with E-state index in [0.29, 0.717) is 18.8 Å². The second kappa shape index (κ2) is 7.40. The minimum atomic E-state index is -0.112. The molecule has 5 heteroatoms. The third-order valence-corrected chi connectivity index (χ3v) is 4.17. The zero-order valence-corrected chi connectivity index (χ0v) is 14.4. The summed E-state index contributed by atoms with van der Waals surface area (Å²) in [6.45, 7) is 8.85. The average Bonchev–Trinajstić information content (AvgIpc) is 2.89. The number of carbonyl (C=O) groups is 1. The van der Waals surface area contributed by atoms with E-state index < -0.39 is 0 Å². The number of benzene rings is 1. The molecule has 1 heterocycles. The van der Waals surface area contributed by atoms with E-state index in [1.54, 1.807) is 11.0 Å². The third kappa shape index (κ3) is 3.65. The summed E-state index contributed by atoms with van der Waals surface area (Å²) in [5.41, 5.74) is 2.43. The first kappa shape index (κ1) is 16.5. The quantitative estimate of drug-likeness (QED) is 0.786. The second-order valence-corrected chi connectivity index (χ2v) is 6.21. The standard InChI is InChI=1S/C17H20BrN3O/c1-4-10-21(11-13-8-6-5-7-9-13)17(22)16-14(18)15(12(2)3)19-20-16/h4-9,12H,1,10-11H2,2-3H3,(H,19,20). The van der Waals surface area contributed by atoms with Gasteiger partial charge in [0, 0.05) is 13.1 Å². The number of halogens is 1. The highest BCUT2D eigenvalue weighted by Gasteiger charge is 2.23. The molecule has 1 N–H and O–H groups in total. The van der Waals surface area contributed by atoms with Crippen molar-refractivity contribution in [2.45, 2.75) is 26.3 Å². The van der Waals surface area contributed by atoms with Gasteiger partial charge in [0.15, 0.2) is 5.69 Å². The molecule has 2 rings (SSSR count). The Balaban J connectivity index is 2.25. The lowest BCUT2D eigenvalue weighted by Crippen LogP contribution is -2.31. The van der Waals surface area contributed by atoms with Crippen LogP contribution in [0.4, 0.5) is 0 Å². The summed E-state index contributed by atoms with van der Waals surface area (Å²) in [6.07, 6.45) is 1.73. The van der Waals surface area contributed by atoms with Gasteiger partial charge >= 0.3 is 0 Å². The van der Waals surface area contributed by atoms with E-state index in [0.717, 1.165) is 15.7 Å². The van der Waals surface area contributed by atoms with Gasteiger partial charge < -0.3 is 4.90 Å². The molecule has 0 spiro atoms. The number of H-pyrrole nitrogens is 1. The van der Waals surface area contributed by atoms with Crippen molar-refractivity contribution >= 4 is 21.8 Å². The smallest absolute Gasteiger partial charge is 0.276 e. The zero-order chi connectivity index (χ0) is 16.1. The Hall–Kier alpha value is -1.88. The number of nitrogens with zero attached hydrogens (tertiary/aromatic N) is 2. The van der Waals surface area contributed by atoms with Gasteiger partial charge in [-0.3, -0.25) is 9.89 Å². The number of amides is 1. The fraction of sp³-hybridized carbons (Fsp3) is 0.294. The summed E-state index contributed by atoms with van der Waals surface area (Å²) in [7, 11) is 0. The van der Waals surface area contributed by atoms with Gasteiger partial charge in [-0.25, -0.2) is 0 Å². The normalized spacial score (nSPS) is 10.7. The Kier molecular flexibility index (Phi) is 5.55. The molecule has 22 heavy (non-hydrogen) atoms. The van der Waals surface area contributed by atoms with E-state index in [-0.39, 0.29) is 11.8 Å². The predicted octanol–water partition coefficient (Wildman–Crippen LogP) is 4.12. The fourth-order valence-electron chi connectivity index (χ4n) is 2.19. The van der Waals surface area contributed by atoms with Crippen molar-refractivity contribution in [1.29, 1.82) is 0 Å². The predicted molar refractivity (Wildman–Crippen MR) is 91.8 cm³/mol. The van der Waals surface area contributed by atoms with Gasteiger partial charge in [0.1, 0.15) is 0 Å². The van der Waals surface area contributed by atoms with Gasteiger partial charge in [0.05, 0.1) is 10.2 Å². The number of nitrogens with one attached hydrogen (secondary N) is 1. The lowest BCUT2D eigenvalue weighted by Gasteiger charge is -2.20. The highest BCUT2D eigenvalue weighted by Crippen LogP contribution is 2.26. The van der Waals surface area contributed by atoms with Gasteiger partial charge in [-0.05, 0) is 27.4 Å². The first-order valence-electron chi connectivity index (χ1n) is 7.22. The van der Waals surface area contributed by atoms with Gasteiger partial charge in [-0.1, -0.05) is 50.3 Å². The first-order chi connectivity index (χ1) is 10.5. The monoisotopic (exact) mass is 361 g/mol. The van der Waals surface area contributed by atoms with E-state index in [1.807, 2.05) is 30.3 Å². The molecule has 0 aliphatic heterocycles. The molecule has 0 saturated heterocycles. The summed E-state index contributed by atoms with van der Waals surface area (Å²) in [5.74, 6) is 0.157. The lowest BCUT2D eigenvalue weighted by molar-refractivity contribution is 0.0756. The summed E-state index contributed by atoms with van der Waals surface area (Å²) in [4.78, 5) is 14.5. The molecule has 0 bridgehead atoms. The van der Waals surface area contributed by atoms with E-state index in [1.165, 1.54) is 0 Å². The van der Waals surface area contributed by atoms with Gasteiger partial charge in [0.2, 0.25) is 0 Å². The van der Waals surface area contributed by atoms with Crippen molar-refractivity contribution in [1.82, 2.24) is 15.1 Å². The molecule has 4 nitrogen and oxygen atoms in total. The van der Waals surface area contributed by atoms with Crippen molar-refractivity contribution < 1.29 is 4.79 Å². The molecule has 0 aliphatic carbocycles. The van der Waals surface area contributed by atoms with Crippen molar-refractivity contribution in [3.05, 3.63) is 64.4 Å². The maximum absolute atomic E-state index is 12.8. The third-order valence-electron chi connectivity index (χ3n) is 3.37. The summed E-state index contributed by atoms with van der Waals surface area (Å²) in [6, 6.07) is 9.90. The summed E-state index contributed by atoms with van der Waals surface area (Å²) in [5, 5.41) is 7.13. The molecule has 0 unspecified atom stereocenters. The minimum Gasteiger partial charge on any atom is -0.329 e. The molecule has 0 atom stereocenters. The Bertz CT molecular complexity index is 649. The van der Waals surface area contributed by atoms with Crippen molar-refractivity contribution in [3.8, 4) is 0 Å². The molecule has 1 amide bonds. The number of hydrogen-bond acceptors (Lipinski definition) is 2. The highest BCUT2D eigenvalue weighted by molar-refractivity contribution is 9.10. The van der Waals surface area contributed by atoms with Crippen LogP contribution in [0.5, 0.6) is 0 Å². The number of hydrogen-bond donors (Lipinski definition) is 1. The van der Waals surface area contributed by atoms with Crippen LogP contribution < -0.4 is 0 Å². The lowest BCUT2D eigenvalue weighted by atomic mass is 10.1. The van der Waals surface area contributed by atoms with Crippen LogP contribution in [0.3, 0.4) is 0 Å². The Morgan fingerprint density at radius 1 is 1.41 bits per heavy atom. The molecule has 2 aromatic rings. The van der Waals surface area contributed by atoms with Crippen LogP contribution >= 0.6 is 15.9 Å². The topological polar surface area (TPSA) is 49.0 Å². The molecule has 0 radical (unpaired) electrons. The number of rotatable bonds is 6. The maximum Gasteiger partial charge on any atom is 0.276 e. The van der Waals surface area contributed by atoms with Crippen LogP contribution in [0.25, 0.3) is 0 Å². The molecule has 0 saturated carbocycles. The Labute approximate surface area is 139 Å². The van der Waals surface area contributed by atoms with E-state index in [4.69, 9.17) is 0 Å². The average molecular weight is 362 g/mol. The molecule has 1 aromatic heterocycles. The minimum absolute atomic E-state index is 0.112. The van der Waals surface area contributed by atoms with Gasteiger partial charge in [-0.15, -0.1) is 6.58 Å². The molecule has 0 aliphatic rings. The van der Waals surface area contributed by atoms with E-state index in [9.17, 15) is 4.79 Å². The molecule has 1 aromatic carbocycles. The van der Waals surface area contributed by atoms with Crippen molar-refractivity contribution in [2.24, 2.45) is 0 Å². The highest BCUT2D eigenvalue weighted by atomic mass is 79.9. The Morgan fingerprint density at radius 3 is 2.64 bits per heavy atom. The number of aromatic nitrogens is 2. The molecule has 0 fully saturated rings. The van der Waals surface area contributed by atoms with Gasteiger partial charge in [-0.2, -0.15) is 5.10 Å². The fourth-order valence-corrected chi connectivity index (χ4v) is 3.00. The van der Waals surface area contributed by atoms with E-state index >= 15 is 0 Å². The number of carbonyl (C=O) groups excluding carboxylic acids is 1.